The largest absolute Gasteiger partial charge is 0.356 e. The third-order valence-corrected chi connectivity index (χ3v) is 6.04. The number of thiazole rings is 1. The third-order valence-electron chi connectivity index (χ3n) is 3.22. The van der Waals surface area contributed by atoms with Gasteiger partial charge in [0.2, 0.25) is 0 Å². The first-order chi connectivity index (χ1) is 10.6. The molecule has 0 aromatic carbocycles. The van der Waals surface area contributed by atoms with Crippen LogP contribution in [0.15, 0.2) is 20.9 Å². The highest BCUT2D eigenvalue weighted by atomic mass is 79.9. The Labute approximate surface area is 148 Å². The molecule has 2 aromatic heterocycles. The summed E-state index contributed by atoms with van der Waals surface area (Å²) in [6.45, 7) is 5.90. The predicted octanol–water partition coefficient (Wildman–Crippen LogP) is 3.53. The van der Waals surface area contributed by atoms with Crippen molar-refractivity contribution in [2.45, 2.75) is 26.7 Å². The van der Waals surface area contributed by atoms with E-state index in [9.17, 15) is 0 Å². The maximum Gasteiger partial charge on any atom is 0.191 e. The summed E-state index contributed by atoms with van der Waals surface area (Å²) in [5.41, 5.74) is 1.14. The number of aliphatic imine (C=N–C) groups is 1. The molecule has 0 aliphatic rings. The molecular weight excluding hydrogens is 380 g/mol. The lowest BCUT2D eigenvalue weighted by Crippen LogP contribution is -2.39. The van der Waals surface area contributed by atoms with Crippen LogP contribution in [0.2, 0.25) is 0 Å². The molecule has 2 heterocycles. The van der Waals surface area contributed by atoms with Gasteiger partial charge in [-0.2, -0.15) is 0 Å². The first kappa shape index (κ1) is 17.4. The molecule has 120 valence electrons. The molecule has 0 aliphatic heterocycles. The van der Waals surface area contributed by atoms with Gasteiger partial charge < -0.3 is 10.6 Å². The van der Waals surface area contributed by atoms with E-state index in [1.807, 2.05) is 0 Å². The normalized spacial score (nSPS) is 11.7. The van der Waals surface area contributed by atoms with Crippen molar-refractivity contribution < 1.29 is 0 Å². The number of halogens is 1. The number of thiophene rings is 1. The average molecular weight is 401 g/mol. The van der Waals surface area contributed by atoms with Gasteiger partial charge in [0.05, 0.1) is 14.5 Å². The standard InChI is InChI=1S/C15H21BrN4S2/c1-10-11(2)21-14(20-10)7-9-19-15(17-3)18-8-6-12-4-5-13(16)22-12/h4-5H,6-9H2,1-3H3,(H2,17,18,19). The van der Waals surface area contributed by atoms with Crippen molar-refractivity contribution in [3.63, 3.8) is 0 Å². The first-order valence-electron chi connectivity index (χ1n) is 7.20. The van der Waals surface area contributed by atoms with Gasteiger partial charge in [0.15, 0.2) is 5.96 Å². The zero-order chi connectivity index (χ0) is 15.9. The molecule has 22 heavy (non-hydrogen) atoms. The van der Waals surface area contributed by atoms with E-state index in [-0.39, 0.29) is 0 Å². The van der Waals surface area contributed by atoms with Gasteiger partial charge in [-0.05, 0) is 48.3 Å². The second kappa shape index (κ2) is 8.64. The molecular formula is C15H21BrN4S2. The molecule has 4 nitrogen and oxygen atoms in total. The van der Waals surface area contributed by atoms with E-state index >= 15 is 0 Å². The van der Waals surface area contributed by atoms with Crippen molar-refractivity contribution in [3.8, 4) is 0 Å². The van der Waals surface area contributed by atoms with E-state index in [1.54, 1.807) is 29.7 Å². The molecule has 2 aromatic rings. The van der Waals surface area contributed by atoms with Crippen LogP contribution < -0.4 is 10.6 Å². The van der Waals surface area contributed by atoms with Gasteiger partial charge in [0.25, 0.3) is 0 Å². The van der Waals surface area contributed by atoms with Crippen LogP contribution in [-0.4, -0.2) is 31.1 Å². The Kier molecular flexibility index (Phi) is 6.85. The Balaban J connectivity index is 1.68. The molecule has 2 rings (SSSR count). The number of aromatic nitrogens is 1. The van der Waals surface area contributed by atoms with Crippen LogP contribution in [0.3, 0.4) is 0 Å². The summed E-state index contributed by atoms with van der Waals surface area (Å²) in [7, 11) is 1.80. The molecule has 0 radical (unpaired) electrons. The minimum atomic E-state index is 0.844. The molecule has 2 N–H and O–H groups in total. The van der Waals surface area contributed by atoms with Gasteiger partial charge in [0, 0.05) is 36.3 Å². The quantitative estimate of drug-likeness (QED) is 0.575. The van der Waals surface area contributed by atoms with Gasteiger partial charge in [0.1, 0.15) is 0 Å². The summed E-state index contributed by atoms with van der Waals surface area (Å²) in [5.74, 6) is 0.848. The minimum absolute atomic E-state index is 0.844. The van der Waals surface area contributed by atoms with Crippen LogP contribution in [0.1, 0.15) is 20.5 Å². The summed E-state index contributed by atoms with van der Waals surface area (Å²) >= 11 is 7.04. The van der Waals surface area contributed by atoms with E-state index in [4.69, 9.17) is 0 Å². The Bertz CT molecular complexity index is 614. The van der Waals surface area contributed by atoms with Gasteiger partial charge in [-0.3, -0.25) is 4.99 Å². The molecule has 0 amide bonds. The molecule has 0 atom stereocenters. The van der Waals surface area contributed by atoms with Gasteiger partial charge in [-0.1, -0.05) is 0 Å². The van der Waals surface area contributed by atoms with Crippen molar-refractivity contribution in [1.29, 1.82) is 0 Å². The summed E-state index contributed by atoms with van der Waals surface area (Å²) in [4.78, 5) is 11.5. The predicted molar refractivity (Wildman–Crippen MR) is 100 cm³/mol. The van der Waals surface area contributed by atoms with Crippen molar-refractivity contribution in [2.24, 2.45) is 4.99 Å². The number of rotatable bonds is 6. The van der Waals surface area contributed by atoms with Gasteiger partial charge >= 0.3 is 0 Å². The van der Waals surface area contributed by atoms with Crippen LogP contribution in [-0.2, 0) is 12.8 Å². The van der Waals surface area contributed by atoms with Crippen molar-refractivity contribution >= 4 is 44.6 Å². The number of hydrogen-bond donors (Lipinski definition) is 2. The topological polar surface area (TPSA) is 49.3 Å². The molecule has 0 saturated carbocycles. The molecule has 0 saturated heterocycles. The fraction of sp³-hybridized carbons (Fsp3) is 0.467. The van der Waals surface area contributed by atoms with E-state index in [2.05, 4.69) is 62.5 Å². The van der Waals surface area contributed by atoms with Crippen LogP contribution in [0.5, 0.6) is 0 Å². The maximum absolute atomic E-state index is 4.55. The zero-order valence-corrected chi connectivity index (χ0v) is 16.3. The Morgan fingerprint density at radius 2 is 1.91 bits per heavy atom. The molecule has 0 unspecified atom stereocenters. The Hall–Kier alpha value is -0.920. The van der Waals surface area contributed by atoms with E-state index in [1.165, 1.54) is 18.5 Å². The molecule has 0 spiro atoms. The SMILES string of the molecule is CN=C(NCCc1ccc(Br)s1)NCCc1nc(C)c(C)s1. The number of hydrogen-bond acceptors (Lipinski definition) is 4. The van der Waals surface area contributed by atoms with E-state index < -0.39 is 0 Å². The summed E-state index contributed by atoms with van der Waals surface area (Å²) in [5, 5.41) is 7.86. The lowest BCUT2D eigenvalue weighted by Gasteiger charge is -2.10. The smallest absolute Gasteiger partial charge is 0.191 e. The fourth-order valence-corrected chi connectivity index (χ4v) is 4.36. The summed E-state index contributed by atoms with van der Waals surface area (Å²) < 4.78 is 1.18. The van der Waals surface area contributed by atoms with Crippen molar-refractivity contribution in [3.05, 3.63) is 36.4 Å². The molecule has 0 fully saturated rings. The zero-order valence-electron chi connectivity index (χ0n) is 13.1. The van der Waals surface area contributed by atoms with Gasteiger partial charge in [-0.15, -0.1) is 22.7 Å². The number of nitrogens with zero attached hydrogens (tertiary/aromatic N) is 2. The van der Waals surface area contributed by atoms with Crippen LogP contribution in [0.25, 0.3) is 0 Å². The van der Waals surface area contributed by atoms with Crippen LogP contribution in [0, 0.1) is 13.8 Å². The maximum atomic E-state index is 4.55. The fourth-order valence-electron chi connectivity index (χ4n) is 1.94. The van der Waals surface area contributed by atoms with Crippen LogP contribution >= 0.6 is 38.6 Å². The molecule has 0 aliphatic carbocycles. The lowest BCUT2D eigenvalue weighted by atomic mass is 10.3. The minimum Gasteiger partial charge on any atom is -0.356 e. The Morgan fingerprint density at radius 1 is 1.18 bits per heavy atom. The highest BCUT2D eigenvalue weighted by molar-refractivity contribution is 9.11. The second-order valence-corrected chi connectivity index (χ2v) is 8.72. The van der Waals surface area contributed by atoms with Crippen molar-refractivity contribution in [2.75, 3.05) is 20.1 Å². The average Bonchev–Trinajstić information content (AvgIpc) is 3.03. The highest BCUT2D eigenvalue weighted by Crippen LogP contribution is 2.22. The Morgan fingerprint density at radius 3 is 2.45 bits per heavy atom. The number of nitrogens with one attached hydrogen (secondary N) is 2. The number of aryl methyl sites for hydroxylation is 2. The van der Waals surface area contributed by atoms with E-state index in [0.29, 0.717) is 0 Å². The highest BCUT2D eigenvalue weighted by Gasteiger charge is 2.04. The second-order valence-electron chi connectivity index (χ2n) is 4.88. The molecule has 7 heteroatoms. The summed E-state index contributed by atoms with van der Waals surface area (Å²) in [6, 6.07) is 4.24. The monoisotopic (exact) mass is 400 g/mol. The van der Waals surface area contributed by atoms with E-state index in [0.717, 1.165) is 37.6 Å². The number of guanidine groups is 1. The third kappa shape index (κ3) is 5.37. The lowest BCUT2D eigenvalue weighted by molar-refractivity contribution is 0.784. The van der Waals surface area contributed by atoms with Crippen LogP contribution in [0.4, 0.5) is 0 Å². The van der Waals surface area contributed by atoms with Gasteiger partial charge in [-0.25, -0.2) is 4.98 Å². The summed E-state index contributed by atoms with van der Waals surface area (Å²) in [6.07, 6.45) is 1.93. The first-order valence-corrected chi connectivity index (χ1v) is 9.62. The van der Waals surface area contributed by atoms with Crippen molar-refractivity contribution in [1.82, 2.24) is 15.6 Å². The molecule has 0 bridgehead atoms.